The SMILES string of the molecule is CC(C)CCC[C@H](C)NC(=O)CSc1nnc2c(n1)[nH]c1ccccc12. The summed E-state index contributed by atoms with van der Waals surface area (Å²) in [7, 11) is 0. The predicted molar refractivity (Wildman–Crippen MR) is 106 cm³/mol. The fraction of sp³-hybridized carbons (Fsp3) is 0.474. The Morgan fingerprint density at radius 3 is 2.81 bits per heavy atom. The molecule has 2 aromatic heterocycles. The number of benzene rings is 1. The van der Waals surface area contributed by atoms with Gasteiger partial charge in [0, 0.05) is 16.9 Å². The highest BCUT2D eigenvalue weighted by Gasteiger charge is 2.12. The molecule has 0 aliphatic rings. The van der Waals surface area contributed by atoms with Crippen LogP contribution < -0.4 is 5.32 Å². The summed E-state index contributed by atoms with van der Waals surface area (Å²) >= 11 is 1.31. The third kappa shape index (κ3) is 4.72. The van der Waals surface area contributed by atoms with E-state index in [2.05, 4.69) is 46.3 Å². The van der Waals surface area contributed by atoms with Gasteiger partial charge < -0.3 is 10.3 Å². The highest BCUT2D eigenvalue weighted by atomic mass is 32.2. The Morgan fingerprint density at radius 1 is 1.19 bits per heavy atom. The molecule has 3 rings (SSSR count). The number of carbonyl (C=O) groups excluding carboxylic acids is 1. The summed E-state index contributed by atoms with van der Waals surface area (Å²) in [6.45, 7) is 6.49. The number of rotatable bonds is 8. The van der Waals surface area contributed by atoms with E-state index in [1.807, 2.05) is 24.3 Å². The van der Waals surface area contributed by atoms with Crippen molar-refractivity contribution in [3.05, 3.63) is 24.3 Å². The van der Waals surface area contributed by atoms with Crippen molar-refractivity contribution in [2.24, 2.45) is 5.92 Å². The number of aromatic amines is 1. The van der Waals surface area contributed by atoms with Crippen molar-refractivity contribution in [1.82, 2.24) is 25.5 Å². The fourth-order valence-corrected chi connectivity index (χ4v) is 3.52. The number of carbonyl (C=O) groups is 1. The lowest BCUT2D eigenvalue weighted by Gasteiger charge is -2.14. The first-order chi connectivity index (χ1) is 12.5. The molecule has 0 saturated heterocycles. The van der Waals surface area contributed by atoms with Crippen molar-refractivity contribution in [1.29, 1.82) is 0 Å². The summed E-state index contributed by atoms with van der Waals surface area (Å²) < 4.78 is 0. The van der Waals surface area contributed by atoms with Gasteiger partial charge in [-0.05, 0) is 25.3 Å². The van der Waals surface area contributed by atoms with Crippen LogP contribution in [0, 0.1) is 5.92 Å². The van der Waals surface area contributed by atoms with E-state index < -0.39 is 0 Å². The van der Waals surface area contributed by atoms with E-state index in [0.717, 1.165) is 29.3 Å². The summed E-state index contributed by atoms with van der Waals surface area (Å²) in [5.74, 6) is 1.01. The van der Waals surface area contributed by atoms with Crippen LogP contribution in [0.4, 0.5) is 0 Å². The number of fused-ring (bicyclic) bond motifs is 3. The summed E-state index contributed by atoms with van der Waals surface area (Å²) in [4.78, 5) is 19.8. The maximum atomic E-state index is 12.1. The molecule has 6 nitrogen and oxygen atoms in total. The molecule has 0 radical (unpaired) electrons. The highest BCUT2D eigenvalue weighted by molar-refractivity contribution is 7.99. The Bertz CT molecular complexity index is 892. The Labute approximate surface area is 157 Å². The molecule has 26 heavy (non-hydrogen) atoms. The zero-order valence-corrected chi connectivity index (χ0v) is 16.3. The molecule has 0 fully saturated rings. The molecule has 2 N–H and O–H groups in total. The Morgan fingerprint density at radius 2 is 2.00 bits per heavy atom. The van der Waals surface area contributed by atoms with E-state index in [4.69, 9.17) is 0 Å². The van der Waals surface area contributed by atoms with Crippen LogP contribution in [0.2, 0.25) is 0 Å². The van der Waals surface area contributed by atoms with E-state index in [0.29, 0.717) is 22.5 Å². The van der Waals surface area contributed by atoms with Gasteiger partial charge in [0.1, 0.15) is 5.52 Å². The molecule has 0 spiro atoms. The maximum absolute atomic E-state index is 12.1. The molecule has 0 aliphatic carbocycles. The zero-order chi connectivity index (χ0) is 18.5. The van der Waals surface area contributed by atoms with E-state index in [1.54, 1.807) is 0 Å². The lowest BCUT2D eigenvalue weighted by molar-refractivity contribution is -0.119. The smallest absolute Gasteiger partial charge is 0.230 e. The van der Waals surface area contributed by atoms with Gasteiger partial charge in [0.25, 0.3) is 0 Å². The summed E-state index contributed by atoms with van der Waals surface area (Å²) in [6.07, 6.45) is 3.34. The third-order valence-corrected chi connectivity index (χ3v) is 5.10. The molecule has 1 amide bonds. The monoisotopic (exact) mass is 371 g/mol. The van der Waals surface area contributed by atoms with Gasteiger partial charge in [-0.25, -0.2) is 4.98 Å². The summed E-state index contributed by atoms with van der Waals surface area (Å²) in [5, 5.41) is 13.0. The molecule has 138 valence electrons. The molecule has 7 heteroatoms. The van der Waals surface area contributed by atoms with Crippen molar-refractivity contribution >= 4 is 39.7 Å². The number of amides is 1. The van der Waals surface area contributed by atoms with Gasteiger partial charge in [-0.15, -0.1) is 10.2 Å². The average molecular weight is 372 g/mol. The minimum Gasteiger partial charge on any atom is -0.353 e. The zero-order valence-electron chi connectivity index (χ0n) is 15.5. The van der Waals surface area contributed by atoms with Gasteiger partial charge in [0.05, 0.1) is 5.75 Å². The molecular formula is C19H25N5OS. The largest absolute Gasteiger partial charge is 0.353 e. The van der Waals surface area contributed by atoms with Crippen molar-refractivity contribution in [3.8, 4) is 0 Å². The van der Waals surface area contributed by atoms with Gasteiger partial charge >= 0.3 is 0 Å². The fourth-order valence-electron chi connectivity index (χ4n) is 2.92. The van der Waals surface area contributed by atoms with Crippen molar-refractivity contribution < 1.29 is 4.79 Å². The standard InChI is InChI=1S/C19H25N5OS/c1-12(2)7-6-8-13(3)20-16(25)11-26-19-22-18-17(23-24-19)14-9-4-5-10-15(14)21-18/h4-5,9-10,12-13H,6-8,11H2,1-3H3,(H,20,25)(H,21,22,24)/t13-/m0/s1. The van der Waals surface area contributed by atoms with E-state index >= 15 is 0 Å². The van der Waals surface area contributed by atoms with Crippen LogP contribution in [0.5, 0.6) is 0 Å². The average Bonchev–Trinajstić information content (AvgIpc) is 2.97. The van der Waals surface area contributed by atoms with Gasteiger partial charge in [0.15, 0.2) is 5.65 Å². The van der Waals surface area contributed by atoms with E-state index in [1.165, 1.54) is 18.2 Å². The quantitative estimate of drug-likeness (QED) is 0.586. The second-order valence-corrected chi connectivity index (χ2v) is 7.99. The number of aromatic nitrogens is 4. The Hall–Kier alpha value is -2.15. The number of H-pyrrole nitrogens is 1. The topological polar surface area (TPSA) is 83.6 Å². The molecule has 0 saturated carbocycles. The molecule has 1 aromatic carbocycles. The number of hydrogen-bond acceptors (Lipinski definition) is 5. The van der Waals surface area contributed by atoms with Gasteiger partial charge in [-0.3, -0.25) is 4.79 Å². The van der Waals surface area contributed by atoms with Crippen LogP contribution in [0.15, 0.2) is 29.4 Å². The van der Waals surface area contributed by atoms with Crippen LogP contribution in [0.1, 0.15) is 40.0 Å². The van der Waals surface area contributed by atoms with E-state index in [9.17, 15) is 4.79 Å². The molecule has 1 atom stereocenters. The van der Waals surface area contributed by atoms with Gasteiger partial charge in [-0.2, -0.15) is 0 Å². The highest BCUT2D eigenvalue weighted by Crippen LogP contribution is 2.23. The Balaban J connectivity index is 1.54. The molecule has 0 aliphatic heterocycles. The van der Waals surface area contributed by atoms with Crippen molar-refractivity contribution in [2.45, 2.75) is 51.2 Å². The first kappa shape index (κ1) is 18.6. The lowest BCUT2D eigenvalue weighted by Crippen LogP contribution is -2.33. The predicted octanol–water partition coefficient (Wildman–Crippen LogP) is 3.93. The first-order valence-electron chi connectivity index (χ1n) is 9.06. The first-order valence-corrected chi connectivity index (χ1v) is 10.0. The van der Waals surface area contributed by atoms with Gasteiger partial charge in [-0.1, -0.05) is 56.7 Å². The normalized spacial score (nSPS) is 12.8. The van der Waals surface area contributed by atoms with Crippen LogP contribution in [-0.2, 0) is 4.79 Å². The minimum atomic E-state index is 0.00684. The lowest BCUT2D eigenvalue weighted by atomic mass is 10.0. The second-order valence-electron chi connectivity index (χ2n) is 7.04. The maximum Gasteiger partial charge on any atom is 0.230 e. The molecule has 0 unspecified atom stereocenters. The van der Waals surface area contributed by atoms with Crippen LogP contribution >= 0.6 is 11.8 Å². The third-order valence-electron chi connectivity index (χ3n) is 4.26. The van der Waals surface area contributed by atoms with Gasteiger partial charge in [0.2, 0.25) is 11.1 Å². The summed E-state index contributed by atoms with van der Waals surface area (Å²) in [6, 6.07) is 8.10. The molecular weight excluding hydrogens is 346 g/mol. The number of nitrogens with one attached hydrogen (secondary N) is 2. The van der Waals surface area contributed by atoms with E-state index in [-0.39, 0.29) is 11.9 Å². The number of nitrogens with zero attached hydrogens (tertiary/aromatic N) is 3. The molecule has 2 heterocycles. The second kappa shape index (κ2) is 8.49. The summed E-state index contributed by atoms with van der Waals surface area (Å²) in [5.41, 5.74) is 2.44. The molecule has 3 aromatic rings. The number of para-hydroxylation sites is 1. The van der Waals surface area contributed by atoms with Crippen LogP contribution in [0.25, 0.3) is 22.1 Å². The number of thioether (sulfide) groups is 1. The minimum absolute atomic E-state index is 0.00684. The Kier molecular flexibility index (Phi) is 6.08. The van der Waals surface area contributed by atoms with Crippen LogP contribution in [-0.4, -0.2) is 37.9 Å². The van der Waals surface area contributed by atoms with Crippen LogP contribution in [0.3, 0.4) is 0 Å². The van der Waals surface area contributed by atoms with Crippen molar-refractivity contribution in [2.75, 3.05) is 5.75 Å². The molecule has 0 bridgehead atoms. The number of hydrogen-bond donors (Lipinski definition) is 2. The van der Waals surface area contributed by atoms with Crippen molar-refractivity contribution in [3.63, 3.8) is 0 Å².